The Morgan fingerprint density at radius 2 is 1.92 bits per heavy atom. The highest BCUT2D eigenvalue weighted by molar-refractivity contribution is 9.10. The largest absolute Gasteiger partial charge is 0.487 e. The lowest BCUT2D eigenvalue weighted by atomic mass is 9.79. The summed E-state index contributed by atoms with van der Waals surface area (Å²) in [6.07, 6.45) is 0.696. The summed E-state index contributed by atoms with van der Waals surface area (Å²) in [5, 5.41) is 0. The van der Waals surface area contributed by atoms with Crippen LogP contribution in [0.4, 0.5) is 0 Å². The molecule has 0 aliphatic carbocycles. The molecule has 26 heavy (non-hydrogen) atoms. The summed E-state index contributed by atoms with van der Waals surface area (Å²) in [5.74, 6) is 0.860. The fourth-order valence-corrected chi connectivity index (χ4v) is 4.38. The zero-order valence-electron chi connectivity index (χ0n) is 15.0. The number of morpholine rings is 1. The molecular weight excluding hydrogens is 394 g/mol. The van der Waals surface area contributed by atoms with E-state index in [2.05, 4.69) is 35.8 Å². The summed E-state index contributed by atoms with van der Waals surface area (Å²) in [7, 11) is 0. The topological polar surface area (TPSA) is 38.8 Å². The van der Waals surface area contributed by atoms with Crippen molar-refractivity contribution in [2.45, 2.75) is 38.0 Å². The zero-order chi connectivity index (χ0) is 18.4. The number of carbonyl (C=O) groups excluding carboxylic acids is 1. The minimum Gasteiger partial charge on any atom is -0.487 e. The van der Waals surface area contributed by atoms with Crippen LogP contribution in [0.25, 0.3) is 0 Å². The number of hydrogen-bond acceptors (Lipinski definition) is 3. The summed E-state index contributed by atoms with van der Waals surface area (Å²) in [6.45, 7) is 5.35. The lowest BCUT2D eigenvalue weighted by molar-refractivity contribution is -0.181. The third-order valence-corrected chi connectivity index (χ3v) is 5.51. The fourth-order valence-electron chi connectivity index (χ4n) is 4.01. The molecule has 0 radical (unpaired) electrons. The van der Waals surface area contributed by atoms with E-state index < -0.39 is 5.60 Å². The van der Waals surface area contributed by atoms with Gasteiger partial charge in [-0.05, 0) is 37.6 Å². The van der Waals surface area contributed by atoms with Crippen molar-refractivity contribution in [3.63, 3.8) is 0 Å². The molecule has 2 aliphatic heterocycles. The number of fused-ring (bicyclic) bond motifs is 2. The fraction of sp³-hybridized carbons (Fsp3) is 0.381. The van der Waals surface area contributed by atoms with Gasteiger partial charge in [-0.2, -0.15) is 0 Å². The summed E-state index contributed by atoms with van der Waals surface area (Å²) < 4.78 is 13.4. The van der Waals surface area contributed by atoms with E-state index in [4.69, 9.17) is 9.47 Å². The highest BCUT2D eigenvalue weighted by atomic mass is 79.9. The normalized spacial score (nSPS) is 24.3. The van der Waals surface area contributed by atoms with E-state index >= 15 is 0 Å². The van der Waals surface area contributed by atoms with Crippen molar-refractivity contribution in [2.24, 2.45) is 0 Å². The minimum atomic E-state index is -0.552. The molecule has 2 heterocycles. The highest BCUT2D eigenvalue weighted by Crippen LogP contribution is 2.48. The number of rotatable bonds is 2. The molecule has 0 N–H and O–H groups in total. The van der Waals surface area contributed by atoms with Crippen LogP contribution in [0.1, 0.15) is 31.4 Å². The van der Waals surface area contributed by atoms with E-state index in [0.29, 0.717) is 19.5 Å². The molecule has 0 aromatic heterocycles. The first-order valence-electron chi connectivity index (χ1n) is 8.82. The van der Waals surface area contributed by atoms with Gasteiger partial charge in [0.05, 0.1) is 6.54 Å². The average Bonchev–Trinajstić information content (AvgIpc) is 2.59. The third kappa shape index (κ3) is 3.26. The van der Waals surface area contributed by atoms with Crippen LogP contribution in [-0.4, -0.2) is 29.6 Å². The Labute approximate surface area is 162 Å². The van der Waals surface area contributed by atoms with Gasteiger partial charge in [-0.15, -0.1) is 0 Å². The molecule has 0 saturated carbocycles. The van der Waals surface area contributed by atoms with Gasteiger partial charge in [-0.3, -0.25) is 4.79 Å². The van der Waals surface area contributed by atoms with Crippen LogP contribution in [0.15, 0.2) is 53.0 Å². The Kier molecular flexibility index (Phi) is 4.32. The average molecular weight is 416 g/mol. The van der Waals surface area contributed by atoms with Gasteiger partial charge in [-0.25, -0.2) is 0 Å². The molecule has 1 saturated heterocycles. The number of hydrogen-bond donors (Lipinski definition) is 0. The number of benzene rings is 2. The van der Waals surface area contributed by atoms with E-state index in [1.54, 1.807) is 0 Å². The van der Waals surface area contributed by atoms with Crippen molar-refractivity contribution >= 4 is 21.8 Å². The maximum Gasteiger partial charge on any atom is 0.249 e. The molecule has 1 unspecified atom stereocenters. The monoisotopic (exact) mass is 415 g/mol. The number of nitrogens with zero attached hydrogens (tertiary/aromatic N) is 1. The third-order valence-electron chi connectivity index (χ3n) is 5.02. The molecule has 5 heteroatoms. The van der Waals surface area contributed by atoms with Gasteiger partial charge >= 0.3 is 0 Å². The maximum atomic E-state index is 12.5. The molecule has 1 atom stereocenters. The predicted octanol–water partition coefficient (Wildman–Crippen LogP) is 4.26. The highest BCUT2D eigenvalue weighted by Gasteiger charge is 2.50. The molecule has 4 rings (SSSR count). The van der Waals surface area contributed by atoms with Crippen LogP contribution in [0.5, 0.6) is 5.75 Å². The Hall–Kier alpha value is -1.85. The quantitative estimate of drug-likeness (QED) is 0.734. The van der Waals surface area contributed by atoms with Gasteiger partial charge in [0.25, 0.3) is 0 Å². The van der Waals surface area contributed by atoms with Crippen molar-refractivity contribution in [1.29, 1.82) is 0 Å². The van der Waals surface area contributed by atoms with E-state index in [0.717, 1.165) is 21.3 Å². The number of ether oxygens (including phenoxy) is 2. The van der Waals surface area contributed by atoms with Crippen LogP contribution in [-0.2, 0) is 21.7 Å². The van der Waals surface area contributed by atoms with Crippen LogP contribution < -0.4 is 4.74 Å². The van der Waals surface area contributed by atoms with E-state index in [1.807, 2.05) is 47.4 Å². The molecular formula is C21H22BrNO3. The Bertz CT molecular complexity index is 836. The van der Waals surface area contributed by atoms with Crippen LogP contribution >= 0.6 is 15.9 Å². The summed E-state index contributed by atoms with van der Waals surface area (Å²) in [6, 6.07) is 16.1. The molecule has 1 amide bonds. The standard InChI is InChI=1S/C21H22BrNO3/c1-20(2)13-21(17-10-16(22)8-9-18(17)26-20)14-23(19(24)12-25-21)11-15-6-4-3-5-7-15/h3-10H,11-14H2,1-2H3. The molecule has 136 valence electrons. The molecule has 2 aromatic rings. The van der Waals surface area contributed by atoms with Gasteiger partial charge in [0.2, 0.25) is 5.91 Å². The van der Waals surface area contributed by atoms with Gasteiger partial charge in [-0.1, -0.05) is 46.3 Å². The van der Waals surface area contributed by atoms with Crippen LogP contribution in [0.2, 0.25) is 0 Å². The maximum absolute atomic E-state index is 12.5. The molecule has 2 aliphatic rings. The first-order valence-corrected chi connectivity index (χ1v) is 9.61. The lowest BCUT2D eigenvalue weighted by Crippen LogP contribution is -2.57. The molecule has 0 bridgehead atoms. The molecule has 1 fully saturated rings. The van der Waals surface area contributed by atoms with Crippen molar-refractivity contribution in [3.05, 3.63) is 64.1 Å². The van der Waals surface area contributed by atoms with Crippen molar-refractivity contribution in [2.75, 3.05) is 13.2 Å². The van der Waals surface area contributed by atoms with Gasteiger partial charge in [0, 0.05) is 23.0 Å². The smallest absolute Gasteiger partial charge is 0.249 e. The number of halogens is 1. The second kappa shape index (κ2) is 6.39. The van der Waals surface area contributed by atoms with E-state index in [-0.39, 0.29) is 18.1 Å². The minimum absolute atomic E-state index is 0.0281. The van der Waals surface area contributed by atoms with Gasteiger partial charge in [0.1, 0.15) is 23.6 Å². The Morgan fingerprint density at radius 3 is 2.69 bits per heavy atom. The van der Waals surface area contributed by atoms with Crippen molar-refractivity contribution in [1.82, 2.24) is 4.90 Å². The van der Waals surface area contributed by atoms with Gasteiger partial charge in [0.15, 0.2) is 0 Å². The SMILES string of the molecule is CC1(C)CC2(CN(Cc3ccccc3)C(=O)CO2)c2cc(Br)ccc2O1. The second-order valence-electron chi connectivity index (χ2n) is 7.70. The van der Waals surface area contributed by atoms with E-state index in [1.165, 1.54) is 0 Å². The van der Waals surface area contributed by atoms with Crippen LogP contribution in [0.3, 0.4) is 0 Å². The van der Waals surface area contributed by atoms with Crippen molar-refractivity contribution < 1.29 is 14.3 Å². The van der Waals surface area contributed by atoms with Gasteiger partial charge < -0.3 is 14.4 Å². The number of amides is 1. The number of carbonyl (C=O) groups is 1. The first-order chi connectivity index (χ1) is 12.4. The zero-order valence-corrected chi connectivity index (χ0v) is 16.6. The van der Waals surface area contributed by atoms with Crippen molar-refractivity contribution in [3.8, 4) is 5.75 Å². The Balaban J connectivity index is 1.71. The molecule has 1 spiro atoms. The molecule has 2 aromatic carbocycles. The lowest BCUT2D eigenvalue weighted by Gasteiger charge is -2.50. The van der Waals surface area contributed by atoms with E-state index in [9.17, 15) is 4.79 Å². The summed E-state index contributed by atoms with van der Waals surface area (Å²) in [5.41, 5.74) is 1.22. The second-order valence-corrected chi connectivity index (χ2v) is 8.61. The first kappa shape index (κ1) is 17.6. The Morgan fingerprint density at radius 1 is 1.15 bits per heavy atom. The summed E-state index contributed by atoms with van der Waals surface area (Å²) >= 11 is 3.56. The summed E-state index contributed by atoms with van der Waals surface area (Å²) in [4.78, 5) is 14.4. The predicted molar refractivity (Wildman–Crippen MR) is 103 cm³/mol. The van der Waals surface area contributed by atoms with Crippen LogP contribution in [0, 0.1) is 0 Å². The molecule has 4 nitrogen and oxygen atoms in total.